The van der Waals surface area contributed by atoms with Crippen LogP contribution < -0.4 is 5.32 Å². The van der Waals surface area contributed by atoms with Crippen molar-refractivity contribution in [2.45, 2.75) is 12.5 Å². The van der Waals surface area contributed by atoms with E-state index in [1.807, 2.05) is 0 Å². The van der Waals surface area contributed by atoms with Crippen molar-refractivity contribution in [2.75, 3.05) is 20.3 Å². The number of ether oxygens (including phenoxy) is 1. The minimum atomic E-state index is -1.05. The van der Waals surface area contributed by atoms with Gasteiger partial charge in [-0.2, -0.15) is 0 Å². The molecule has 0 aliphatic carbocycles. The van der Waals surface area contributed by atoms with Gasteiger partial charge in [0.05, 0.1) is 13.2 Å². The van der Waals surface area contributed by atoms with Crippen molar-refractivity contribution in [3.8, 4) is 0 Å². The van der Waals surface area contributed by atoms with Gasteiger partial charge in [0.15, 0.2) is 0 Å². The normalized spacial score (nSPS) is 22.8. The zero-order chi connectivity index (χ0) is 14.0. The molecule has 1 aromatic carbocycles. The third-order valence-corrected chi connectivity index (χ3v) is 3.47. The van der Waals surface area contributed by atoms with Crippen LogP contribution in [0.1, 0.15) is 12.5 Å². The quantitative estimate of drug-likeness (QED) is 0.856. The number of benzene rings is 1. The van der Waals surface area contributed by atoms with Gasteiger partial charge in [-0.25, -0.2) is 4.79 Å². The Morgan fingerprint density at radius 2 is 1.95 bits per heavy atom. The molecule has 5 nitrogen and oxygen atoms in total. The highest BCUT2D eigenvalue weighted by Gasteiger charge is 2.48. The van der Waals surface area contributed by atoms with Crippen molar-refractivity contribution in [2.24, 2.45) is 0 Å². The molecule has 1 heterocycles. The first-order chi connectivity index (χ1) is 8.99. The van der Waals surface area contributed by atoms with Gasteiger partial charge in [-0.05, 0) is 24.6 Å². The molecule has 6 heteroatoms. The standard InChI is InChI=1S/C13H15ClN2O3/c1-13(9-3-5-10(14)6-4-9)11(17)16(7-8-19-2)12(18)15-13/h3-6H,7-8H2,1-2H3,(H,15,18). The number of urea groups is 1. The summed E-state index contributed by atoms with van der Waals surface area (Å²) < 4.78 is 4.90. The van der Waals surface area contributed by atoms with Crippen LogP contribution in [0.4, 0.5) is 4.79 Å². The SMILES string of the molecule is COCCN1C(=O)NC(C)(c2ccc(Cl)cc2)C1=O. The van der Waals surface area contributed by atoms with Gasteiger partial charge < -0.3 is 10.1 Å². The van der Waals surface area contributed by atoms with Gasteiger partial charge >= 0.3 is 6.03 Å². The molecule has 1 unspecified atom stereocenters. The van der Waals surface area contributed by atoms with E-state index in [2.05, 4.69) is 5.32 Å². The molecule has 0 radical (unpaired) electrons. The molecule has 0 bridgehead atoms. The Morgan fingerprint density at radius 3 is 2.53 bits per heavy atom. The zero-order valence-corrected chi connectivity index (χ0v) is 11.5. The van der Waals surface area contributed by atoms with E-state index in [0.717, 1.165) is 4.90 Å². The van der Waals surface area contributed by atoms with Crippen LogP contribution in [0.3, 0.4) is 0 Å². The summed E-state index contributed by atoms with van der Waals surface area (Å²) in [5.74, 6) is -0.281. The number of nitrogens with one attached hydrogen (secondary N) is 1. The number of hydrogen-bond acceptors (Lipinski definition) is 3. The lowest BCUT2D eigenvalue weighted by molar-refractivity contribution is -0.131. The molecule has 0 aromatic heterocycles. The molecule has 102 valence electrons. The van der Waals surface area contributed by atoms with E-state index in [9.17, 15) is 9.59 Å². The Morgan fingerprint density at radius 1 is 1.32 bits per heavy atom. The van der Waals surface area contributed by atoms with Crippen LogP contribution in [0, 0.1) is 0 Å². The van der Waals surface area contributed by atoms with Crippen molar-refractivity contribution in [3.05, 3.63) is 34.9 Å². The van der Waals surface area contributed by atoms with E-state index in [1.54, 1.807) is 31.2 Å². The Bertz CT molecular complexity index is 503. The summed E-state index contributed by atoms with van der Waals surface area (Å²) >= 11 is 5.83. The molecule has 1 aromatic rings. The maximum atomic E-state index is 12.4. The number of amides is 3. The van der Waals surface area contributed by atoms with Gasteiger partial charge in [-0.1, -0.05) is 23.7 Å². The van der Waals surface area contributed by atoms with Crippen LogP contribution in [-0.4, -0.2) is 37.1 Å². The second kappa shape index (κ2) is 5.19. The second-order valence-electron chi connectivity index (χ2n) is 4.51. The molecule has 0 saturated carbocycles. The number of carbonyl (C=O) groups excluding carboxylic acids is 2. The first-order valence-electron chi connectivity index (χ1n) is 5.88. The fraction of sp³-hybridized carbons (Fsp3) is 0.385. The van der Waals surface area contributed by atoms with E-state index in [0.29, 0.717) is 17.2 Å². The molecular weight excluding hydrogens is 268 g/mol. The minimum absolute atomic E-state index is 0.240. The lowest BCUT2D eigenvalue weighted by Gasteiger charge is -2.22. The molecule has 19 heavy (non-hydrogen) atoms. The Hall–Kier alpha value is -1.59. The van der Waals surface area contributed by atoms with E-state index < -0.39 is 11.6 Å². The Balaban J connectivity index is 2.27. The molecule has 2 rings (SSSR count). The maximum Gasteiger partial charge on any atom is 0.325 e. The molecule has 1 atom stereocenters. The van der Waals surface area contributed by atoms with E-state index in [4.69, 9.17) is 16.3 Å². The summed E-state index contributed by atoms with van der Waals surface area (Å²) in [5, 5.41) is 3.30. The Kier molecular flexibility index (Phi) is 3.78. The van der Waals surface area contributed by atoms with Gasteiger partial charge in [0.1, 0.15) is 5.54 Å². The van der Waals surface area contributed by atoms with Gasteiger partial charge in [0.25, 0.3) is 5.91 Å². The number of hydrogen-bond donors (Lipinski definition) is 1. The summed E-state index contributed by atoms with van der Waals surface area (Å²) in [7, 11) is 1.52. The second-order valence-corrected chi connectivity index (χ2v) is 4.95. The third kappa shape index (κ3) is 2.43. The van der Waals surface area contributed by atoms with Gasteiger partial charge in [0.2, 0.25) is 0 Å². The molecular formula is C13H15ClN2O3. The van der Waals surface area contributed by atoms with E-state index >= 15 is 0 Å². The molecule has 1 fully saturated rings. The lowest BCUT2D eigenvalue weighted by atomic mass is 9.92. The van der Waals surface area contributed by atoms with Crippen LogP contribution in [0.15, 0.2) is 24.3 Å². The number of nitrogens with zero attached hydrogens (tertiary/aromatic N) is 1. The number of imide groups is 1. The highest BCUT2D eigenvalue weighted by Crippen LogP contribution is 2.29. The first-order valence-corrected chi connectivity index (χ1v) is 6.26. The van der Waals surface area contributed by atoms with Gasteiger partial charge in [-0.15, -0.1) is 0 Å². The van der Waals surface area contributed by atoms with Crippen LogP contribution in [0.5, 0.6) is 0 Å². The van der Waals surface area contributed by atoms with E-state index in [1.165, 1.54) is 7.11 Å². The predicted molar refractivity (Wildman–Crippen MR) is 70.9 cm³/mol. The fourth-order valence-corrected chi connectivity index (χ4v) is 2.19. The van der Waals surface area contributed by atoms with Crippen molar-refractivity contribution >= 4 is 23.5 Å². The Labute approximate surface area is 116 Å². The van der Waals surface area contributed by atoms with Crippen molar-refractivity contribution in [1.29, 1.82) is 0 Å². The molecule has 1 aliphatic heterocycles. The van der Waals surface area contributed by atoms with Gasteiger partial charge in [0, 0.05) is 12.1 Å². The predicted octanol–water partition coefficient (Wildman–Crippen LogP) is 1.75. The monoisotopic (exact) mass is 282 g/mol. The van der Waals surface area contributed by atoms with E-state index in [-0.39, 0.29) is 12.5 Å². The highest BCUT2D eigenvalue weighted by atomic mass is 35.5. The summed E-state index contributed by atoms with van der Waals surface area (Å²) in [6.07, 6.45) is 0. The largest absolute Gasteiger partial charge is 0.383 e. The van der Waals surface area contributed by atoms with Gasteiger partial charge in [-0.3, -0.25) is 9.69 Å². The van der Waals surface area contributed by atoms with Crippen LogP contribution in [-0.2, 0) is 15.1 Å². The number of halogens is 1. The van der Waals surface area contributed by atoms with Crippen molar-refractivity contribution in [1.82, 2.24) is 10.2 Å². The van der Waals surface area contributed by atoms with Crippen molar-refractivity contribution < 1.29 is 14.3 Å². The molecule has 1 saturated heterocycles. The van der Waals surface area contributed by atoms with Crippen LogP contribution in [0.2, 0.25) is 5.02 Å². The molecule has 3 amide bonds. The zero-order valence-electron chi connectivity index (χ0n) is 10.8. The maximum absolute atomic E-state index is 12.4. The molecule has 1 aliphatic rings. The summed E-state index contributed by atoms with van der Waals surface area (Å²) in [6.45, 7) is 2.24. The summed E-state index contributed by atoms with van der Waals surface area (Å²) in [5.41, 5.74) is -0.342. The third-order valence-electron chi connectivity index (χ3n) is 3.22. The van der Waals surface area contributed by atoms with Crippen molar-refractivity contribution in [3.63, 3.8) is 0 Å². The number of rotatable bonds is 4. The highest BCUT2D eigenvalue weighted by molar-refractivity contribution is 6.30. The van der Waals surface area contributed by atoms with Crippen LogP contribution >= 0.6 is 11.6 Å². The minimum Gasteiger partial charge on any atom is -0.383 e. The van der Waals surface area contributed by atoms with Crippen LogP contribution in [0.25, 0.3) is 0 Å². The molecule has 1 N–H and O–H groups in total. The average Bonchev–Trinajstić information content (AvgIpc) is 2.60. The topological polar surface area (TPSA) is 58.6 Å². The number of carbonyl (C=O) groups is 2. The fourth-order valence-electron chi connectivity index (χ4n) is 2.06. The smallest absolute Gasteiger partial charge is 0.325 e. The lowest BCUT2D eigenvalue weighted by Crippen LogP contribution is -2.41. The number of methoxy groups -OCH3 is 1. The summed E-state index contributed by atoms with van der Waals surface area (Å²) in [4.78, 5) is 25.4. The summed E-state index contributed by atoms with van der Waals surface area (Å²) in [6, 6.07) is 6.46. The molecule has 0 spiro atoms. The first kappa shape index (κ1) is 13.8. The average molecular weight is 283 g/mol.